The van der Waals surface area contributed by atoms with E-state index in [2.05, 4.69) is 4.74 Å². The summed E-state index contributed by atoms with van der Waals surface area (Å²) in [6, 6.07) is 2.77. The minimum atomic E-state index is -4.94. The normalized spacial score (nSPS) is 12.5. The molecule has 4 nitrogen and oxygen atoms in total. The van der Waals surface area contributed by atoms with Crippen molar-refractivity contribution in [1.82, 2.24) is 0 Å². The van der Waals surface area contributed by atoms with E-state index in [9.17, 15) is 31.1 Å². The van der Waals surface area contributed by atoms with E-state index in [1.54, 1.807) is 5.32 Å². The number of hydrogen-bond donors (Lipinski definition) is 1. The summed E-state index contributed by atoms with van der Waals surface area (Å²) < 4.78 is 83.0. The summed E-state index contributed by atoms with van der Waals surface area (Å²) in [5.41, 5.74) is -3.75. The molecule has 0 saturated heterocycles. The maximum absolute atomic E-state index is 13.7. The Hall–Kier alpha value is -2.70. The lowest BCUT2D eigenvalue weighted by atomic mass is 10.1. The average Bonchev–Trinajstić information content (AvgIpc) is 2.50. The zero-order valence-electron chi connectivity index (χ0n) is 12.0. The molecular formula is C14H10F6N2O2. The van der Waals surface area contributed by atoms with E-state index >= 15 is 0 Å². The van der Waals surface area contributed by atoms with Crippen LogP contribution in [-0.2, 0) is 9.53 Å². The minimum absolute atomic E-state index is 0.303. The Kier molecular flexibility index (Phi) is 6.22. The van der Waals surface area contributed by atoms with Gasteiger partial charge in [0, 0.05) is 11.8 Å². The third-order valence-electron chi connectivity index (χ3n) is 2.64. The molecule has 0 saturated carbocycles. The van der Waals surface area contributed by atoms with Crippen molar-refractivity contribution in [1.29, 1.82) is 5.26 Å². The number of nitrogens with zero attached hydrogens (tertiary/aromatic N) is 1. The molecule has 130 valence electrons. The quantitative estimate of drug-likeness (QED) is 0.368. The average molecular weight is 352 g/mol. The van der Waals surface area contributed by atoms with Crippen LogP contribution in [0.5, 0.6) is 0 Å². The molecule has 0 radical (unpaired) electrons. The number of anilines is 1. The van der Waals surface area contributed by atoms with Gasteiger partial charge in [-0.25, -0.2) is 22.4 Å². The van der Waals surface area contributed by atoms with Crippen LogP contribution < -0.4 is 5.32 Å². The first-order valence-electron chi connectivity index (χ1n) is 6.35. The van der Waals surface area contributed by atoms with Crippen LogP contribution in [-0.4, -0.2) is 24.9 Å². The van der Waals surface area contributed by atoms with Crippen molar-refractivity contribution >= 4 is 11.7 Å². The van der Waals surface area contributed by atoms with E-state index in [1.165, 1.54) is 6.92 Å². The molecule has 1 rings (SSSR count). The highest BCUT2D eigenvalue weighted by molar-refractivity contribution is 5.94. The van der Waals surface area contributed by atoms with Gasteiger partial charge in [0.15, 0.2) is 17.2 Å². The van der Waals surface area contributed by atoms with Crippen molar-refractivity contribution in [3.05, 3.63) is 41.1 Å². The lowest BCUT2D eigenvalue weighted by Gasteiger charge is -2.21. The van der Waals surface area contributed by atoms with Crippen molar-refractivity contribution in [2.45, 2.75) is 19.3 Å². The van der Waals surface area contributed by atoms with Crippen molar-refractivity contribution in [2.24, 2.45) is 0 Å². The minimum Gasteiger partial charge on any atom is -0.462 e. The highest BCUT2D eigenvalue weighted by Crippen LogP contribution is 2.34. The molecule has 0 spiro atoms. The zero-order chi connectivity index (χ0) is 18.5. The number of carbonyl (C=O) groups is 1. The first-order valence-corrected chi connectivity index (χ1v) is 6.35. The van der Waals surface area contributed by atoms with Gasteiger partial charge >= 0.3 is 18.3 Å². The van der Waals surface area contributed by atoms with Gasteiger partial charge in [-0.3, -0.25) is 0 Å². The van der Waals surface area contributed by atoms with Gasteiger partial charge < -0.3 is 10.1 Å². The second kappa shape index (κ2) is 7.72. The molecule has 0 aliphatic carbocycles. The highest BCUT2D eigenvalue weighted by Gasteiger charge is 2.48. The van der Waals surface area contributed by atoms with Crippen LogP contribution >= 0.6 is 0 Å². The molecule has 1 aromatic rings. The molecule has 0 aliphatic heterocycles. The molecule has 0 aromatic heterocycles. The Labute approximate surface area is 132 Å². The van der Waals surface area contributed by atoms with Crippen LogP contribution in [0.3, 0.4) is 0 Å². The number of rotatable bonds is 6. The van der Waals surface area contributed by atoms with E-state index < -0.39 is 46.9 Å². The second-order valence-corrected chi connectivity index (χ2v) is 4.26. The van der Waals surface area contributed by atoms with Gasteiger partial charge in [0.05, 0.1) is 6.61 Å². The van der Waals surface area contributed by atoms with Crippen LogP contribution in [0.25, 0.3) is 0 Å². The zero-order valence-corrected chi connectivity index (χ0v) is 12.0. The largest absolute Gasteiger partial charge is 0.462 e. The second-order valence-electron chi connectivity index (χ2n) is 4.26. The number of halogens is 6. The summed E-state index contributed by atoms with van der Waals surface area (Å²) in [5, 5.41) is 10.5. The SMILES string of the molecule is CCOC(=O)/C(C#N)=C(\Nc1ccc(F)c(F)c1)C(F)(F)C(F)F. The van der Waals surface area contributed by atoms with Crippen LogP contribution in [0, 0.1) is 23.0 Å². The predicted octanol–water partition coefficient (Wildman–Crippen LogP) is 3.62. The molecule has 0 heterocycles. The van der Waals surface area contributed by atoms with Crippen LogP contribution in [0.4, 0.5) is 32.0 Å². The monoisotopic (exact) mass is 352 g/mol. The molecule has 0 unspecified atom stereocenters. The van der Waals surface area contributed by atoms with Gasteiger partial charge in [0.1, 0.15) is 11.8 Å². The number of nitrogens with one attached hydrogen (secondary N) is 1. The molecule has 1 N–H and O–H groups in total. The molecule has 0 aliphatic rings. The van der Waals surface area contributed by atoms with E-state index in [0.29, 0.717) is 12.1 Å². The van der Waals surface area contributed by atoms with E-state index in [-0.39, 0.29) is 6.61 Å². The molecule has 0 fully saturated rings. The van der Waals surface area contributed by atoms with Crippen molar-refractivity contribution < 1.29 is 35.9 Å². The van der Waals surface area contributed by atoms with Gasteiger partial charge in [-0.2, -0.15) is 14.0 Å². The smallest absolute Gasteiger partial charge is 0.350 e. The van der Waals surface area contributed by atoms with E-state index in [0.717, 1.165) is 12.1 Å². The van der Waals surface area contributed by atoms with Crippen molar-refractivity contribution in [3.63, 3.8) is 0 Å². The summed E-state index contributed by atoms with van der Waals surface area (Å²) in [6.45, 7) is 1.00. The van der Waals surface area contributed by atoms with E-state index in [4.69, 9.17) is 5.26 Å². The number of nitriles is 1. The number of alkyl halides is 4. The predicted molar refractivity (Wildman–Crippen MR) is 70.2 cm³/mol. The molecule has 0 bridgehead atoms. The molecule has 24 heavy (non-hydrogen) atoms. The third-order valence-corrected chi connectivity index (χ3v) is 2.64. The van der Waals surface area contributed by atoms with Crippen molar-refractivity contribution in [2.75, 3.05) is 11.9 Å². The van der Waals surface area contributed by atoms with Crippen LogP contribution in [0.1, 0.15) is 6.92 Å². The maximum Gasteiger partial charge on any atom is 0.350 e. The molecule has 10 heteroatoms. The van der Waals surface area contributed by atoms with Gasteiger partial charge in [0.25, 0.3) is 0 Å². The molecular weight excluding hydrogens is 342 g/mol. The van der Waals surface area contributed by atoms with Gasteiger partial charge in [-0.05, 0) is 19.1 Å². The lowest BCUT2D eigenvalue weighted by Crippen LogP contribution is -2.35. The van der Waals surface area contributed by atoms with Gasteiger partial charge in [-0.15, -0.1) is 0 Å². The standard InChI is InChI=1S/C14H10F6N2O2/c1-2-24-12(23)8(6-21)11(14(19,20)13(17)18)22-7-3-4-9(15)10(16)5-7/h3-5,13,22H,2H2,1H3/b11-8-. The summed E-state index contributed by atoms with van der Waals surface area (Å²) in [6.07, 6.45) is -4.27. The Bertz CT molecular complexity index is 697. The maximum atomic E-state index is 13.7. The summed E-state index contributed by atoms with van der Waals surface area (Å²) in [5.74, 6) is -9.26. The number of hydrogen-bond acceptors (Lipinski definition) is 4. The van der Waals surface area contributed by atoms with Gasteiger partial charge in [0.2, 0.25) is 0 Å². The summed E-state index contributed by atoms with van der Waals surface area (Å²) in [7, 11) is 0. The topological polar surface area (TPSA) is 62.1 Å². The number of ether oxygens (including phenoxy) is 1. The molecule has 0 atom stereocenters. The van der Waals surface area contributed by atoms with Crippen LogP contribution in [0.15, 0.2) is 29.5 Å². The first-order chi connectivity index (χ1) is 11.1. The Morgan fingerprint density at radius 1 is 1.33 bits per heavy atom. The van der Waals surface area contributed by atoms with Crippen LogP contribution in [0.2, 0.25) is 0 Å². The fourth-order valence-corrected chi connectivity index (χ4v) is 1.55. The third kappa shape index (κ3) is 4.18. The number of allylic oxidation sites excluding steroid dienone is 1. The van der Waals surface area contributed by atoms with E-state index in [1.807, 2.05) is 0 Å². The Morgan fingerprint density at radius 3 is 2.42 bits per heavy atom. The molecule has 0 amide bonds. The fraction of sp³-hybridized carbons (Fsp3) is 0.286. The fourth-order valence-electron chi connectivity index (χ4n) is 1.55. The Balaban J connectivity index is 3.46. The van der Waals surface area contributed by atoms with Crippen molar-refractivity contribution in [3.8, 4) is 6.07 Å². The summed E-state index contributed by atoms with van der Waals surface area (Å²) in [4.78, 5) is 11.5. The number of benzene rings is 1. The molecule has 1 aromatic carbocycles. The highest BCUT2D eigenvalue weighted by atomic mass is 19.3. The number of esters is 1. The Morgan fingerprint density at radius 2 is 1.96 bits per heavy atom. The first kappa shape index (κ1) is 19.3. The lowest BCUT2D eigenvalue weighted by molar-refractivity contribution is -0.138. The summed E-state index contributed by atoms with van der Waals surface area (Å²) >= 11 is 0. The number of carbonyl (C=O) groups excluding carboxylic acids is 1. The van der Waals surface area contributed by atoms with Gasteiger partial charge in [-0.1, -0.05) is 0 Å².